The molecule has 4 aliphatic rings. The summed E-state index contributed by atoms with van der Waals surface area (Å²) in [7, 11) is -5.11. The third kappa shape index (κ3) is 4.34. The molecule has 0 aliphatic heterocycles. The topological polar surface area (TPSA) is 127 Å². The minimum absolute atomic E-state index is 0.0347. The monoisotopic (exact) mass is 513 g/mol. The predicted molar refractivity (Wildman–Crippen MR) is 132 cm³/mol. The first kappa shape index (κ1) is 27.5. The van der Waals surface area contributed by atoms with E-state index in [0.29, 0.717) is 37.0 Å². The lowest BCUT2D eigenvalue weighted by Crippen LogP contribution is -2.73. The highest BCUT2D eigenvalue weighted by atomic mass is 32.3. The number of aliphatic hydroxyl groups excluding tert-OH is 1. The summed E-state index contributed by atoms with van der Waals surface area (Å²) in [6, 6.07) is 0. The van der Waals surface area contributed by atoms with Crippen LogP contribution in [-0.4, -0.2) is 51.7 Å². The van der Waals surface area contributed by atoms with E-state index in [1.54, 1.807) is 13.0 Å². The van der Waals surface area contributed by atoms with Gasteiger partial charge in [-0.25, -0.2) is 8.42 Å². The molecule has 9 atom stereocenters. The molecule has 0 aromatic carbocycles. The van der Waals surface area contributed by atoms with Crippen molar-refractivity contribution in [1.82, 2.24) is 0 Å². The number of fused-ring (bicyclic) bond motifs is 5. The Bertz CT molecular complexity index is 947. The Morgan fingerprint density at radius 2 is 1.77 bits per heavy atom. The molecule has 0 aromatic heterocycles. The van der Waals surface area contributed by atoms with Gasteiger partial charge in [0.05, 0.1) is 11.7 Å². The van der Waals surface area contributed by atoms with Crippen LogP contribution >= 0.6 is 0 Å². The zero-order valence-corrected chi connectivity index (χ0v) is 22.8. The molecule has 0 saturated heterocycles. The fourth-order valence-corrected chi connectivity index (χ4v) is 9.21. The highest BCUT2D eigenvalue weighted by Crippen LogP contribution is 2.69. The molecule has 0 heterocycles. The van der Waals surface area contributed by atoms with Gasteiger partial charge in [0.2, 0.25) is 10.4 Å². The SMILES string of the molecule is CC(C)CCC[C@@H](C)[C@H]1CC[C@H]2C3=C[C@H](OS(=O)(=O)[O-])[C@@]4(O)C[C@@H](O)CC[C@]4(C)[C@@]3(O)CC[C@]12C. The Labute approximate surface area is 211 Å². The molecule has 35 heavy (non-hydrogen) atoms. The standard InChI is InChI=1S/C27H46O7S/c1-17(2)7-6-8-18(3)20-9-10-21-22-15-23(34-35(31,32)33)27(30)16-19(28)11-12-25(27,5)26(22,29)14-13-24(20,21)4/h15,17-21,23,28-30H,6-14,16H2,1-5H3,(H,31,32,33)/p-1/t18-,19+,20-,21+,23+,24-,25-,26-,27+/m1/s1. The van der Waals surface area contributed by atoms with Crippen molar-refractivity contribution in [3.05, 3.63) is 11.6 Å². The molecular formula is C27H45O7S-. The van der Waals surface area contributed by atoms with Crippen LogP contribution in [0.2, 0.25) is 0 Å². The lowest BCUT2D eigenvalue weighted by atomic mass is 9.43. The lowest BCUT2D eigenvalue weighted by Gasteiger charge is -2.66. The Kier molecular flexibility index (Phi) is 7.12. The predicted octanol–water partition coefficient (Wildman–Crippen LogP) is 4.07. The zero-order valence-electron chi connectivity index (χ0n) is 22.0. The van der Waals surface area contributed by atoms with Gasteiger partial charge in [0, 0.05) is 11.8 Å². The molecule has 202 valence electrons. The third-order valence-electron chi connectivity index (χ3n) is 10.8. The zero-order chi connectivity index (χ0) is 26.0. The maximum Gasteiger partial charge on any atom is 0.218 e. The molecule has 4 aliphatic carbocycles. The maximum atomic E-state index is 12.3. The van der Waals surface area contributed by atoms with Crippen LogP contribution in [0.4, 0.5) is 0 Å². The Morgan fingerprint density at radius 1 is 1.09 bits per heavy atom. The van der Waals surface area contributed by atoms with E-state index >= 15 is 0 Å². The van der Waals surface area contributed by atoms with Crippen molar-refractivity contribution in [3.8, 4) is 0 Å². The number of hydrogen-bond donors (Lipinski definition) is 3. The minimum Gasteiger partial charge on any atom is -0.726 e. The molecule has 0 spiro atoms. The van der Waals surface area contributed by atoms with E-state index in [4.69, 9.17) is 4.18 Å². The summed E-state index contributed by atoms with van der Waals surface area (Å²) in [5, 5.41) is 34.5. The average molecular weight is 514 g/mol. The Morgan fingerprint density at radius 3 is 2.40 bits per heavy atom. The van der Waals surface area contributed by atoms with Gasteiger partial charge in [0.1, 0.15) is 11.7 Å². The molecule has 7 nitrogen and oxygen atoms in total. The average Bonchev–Trinajstić information content (AvgIpc) is 3.08. The summed E-state index contributed by atoms with van der Waals surface area (Å²) >= 11 is 0. The first-order valence-corrected chi connectivity index (χ1v) is 14.9. The first-order chi connectivity index (χ1) is 16.1. The fourth-order valence-electron chi connectivity index (χ4n) is 8.74. The third-order valence-corrected chi connectivity index (χ3v) is 11.3. The van der Waals surface area contributed by atoms with Crippen molar-refractivity contribution < 1.29 is 32.5 Å². The Balaban J connectivity index is 1.72. The molecule has 0 amide bonds. The largest absolute Gasteiger partial charge is 0.726 e. The van der Waals surface area contributed by atoms with Gasteiger partial charge in [-0.15, -0.1) is 0 Å². The summed E-state index contributed by atoms with van der Waals surface area (Å²) in [5.41, 5.74) is -3.65. The van der Waals surface area contributed by atoms with E-state index in [9.17, 15) is 28.3 Å². The van der Waals surface area contributed by atoms with E-state index in [1.165, 1.54) is 19.3 Å². The Hall–Kier alpha value is -0.510. The fraction of sp³-hybridized carbons (Fsp3) is 0.926. The second kappa shape index (κ2) is 9.05. The smallest absolute Gasteiger partial charge is 0.218 e. The number of aliphatic hydroxyl groups is 3. The maximum absolute atomic E-state index is 12.3. The van der Waals surface area contributed by atoms with Crippen LogP contribution in [0.15, 0.2) is 11.6 Å². The van der Waals surface area contributed by atoms with Crippen molar-refractivity contribution in [3.63, 3.8) is 0 Å². The van der Waals surface area contributed by atoms with E-state index in [0.717, 1.165) is 24.8 Å². The van der Waals surface area contributed by atoms with Gasteiger partial charge in [-0.3, -0.25) is 4.18 Å². The van der Waals surface area contributed by atoms with Gasteiger partial charge in [0.15, 0.2) is 0 Å². The van der Waals surface area contributed by atoms with Gasteiger partial charge in [-0.1, -0.05) is 53.9 Å². The van der Waals surface area contributed by atoms with E-state index in [2.05, 4.69) is 27.7 Å². The quantitative estimate of drug-likeness (QED) is 0.266. The van der Waals surface area contributed by atoms with E-state index < -0.39 is 39.2 Å². The van der Waals surface area contributed by atoms with Crippen molar-refractivity contribution >= 4 is 10.4 Å². The summed E-state index contributed by atoms with van der Waals surface area (Å²) < 4.78 is 40.0. The first-order valence-electron chi connectivity index (χ1n) is 13.6. The van der Waals surface area contributed by atoms with Crippen molar-refractivity contribution in [2.45, 2.75) is 122 Å². The van der Waals surface area contributed by atoms with Crippen LogP contribution in [-0.2, 0) is 14.6 Å². The minimum atomic E-state index is -5.11. The molecule has 0 unspecified atom stereocenters. The van der Waals surface area contributed by atoms with Gasteiger partial charge in [-0.05, 0) is 79.3 Å². The van der Waals surface area contributed by atoms with Crippen molar-refractivity contribution in [2.75, 3.05) is 0 Å². The van der Waals surface area contributed by atoms with Gasteiger partial charge in [-0.2, -0.15) is 0 Å². The molecule has 0 aromatic rings. The van der Waals surface area contributed by atoms with Crippen LogP contribution in [0.3, 0.4) is 0 Å². The van der Waals surface area contributed by atoms with E-state index in [-0.39, 0.29) is 17.8 Å². The number of rotatable bonds is 7. The van der Waals surface area contributed by atoms with Crippen LogP contribution in [0.25, 0.3) is 0 Å². The summed E-state index contributed by atoms with van der Waals surface area (Å²) in [6.45, 7) is 10.9. The second-order valence-corrected chi connectivity index (χ2v) is 14.1. The van der Waals surface area contributed by atoms with Gasteiger partial charge in [0.25, 0.3) is 0 Å². The lowest BCUT2D eigenvalue weighted by molar-refractivity contribution is -0.255. The summed E-state index contributed by atoms with van der Waals surface area (Å²) in [6.07, 6.45) is 6.63. The molecule has 4 rings (SSSR count). The highest BCUT2D eigenvalue weighted by Gasteiger charge is 2.71. The van der Waals surface area contributed by atoms with Crippen molar-refractivity contribution in [2.24, 2.45) is 34.5 Å². The molecule has 8 heteroatoms. The molecular weight excluding hydrogens is 468 g/mol. The normalized spacial score (nSPS) is 46.5. The molecule has 3 N–H and O–H groups in total. The van der Waals surface area contributed by atoms with Crippen LogP contribution in [0, 0.1) is 34.5 Å². The van der Waals surface area contributed by atoms with Crippen LogP contribution in [0.1, 0.15) is 98.8 Å². The van der Waals surface area contributed by atoms with E-state index in [1.807, 2.05) is 0 Å². The molecule has 3 saturated carbocycles. The summed E-state index contributed by atoms with van der Waals surface area (Å²) in [4.78, 5) is 0. The molecule has 0 bridgehead atoms. The second-order valence-electron chi connectivity index (χ2n) is 13.1. The van der Waals surface area contributed by atoms with Gasteiger partial charge >= 0.3 is 0 Å². The summed E-state index contributed by atoms with van der Waals surface area (Å²) in [5.74, 6) is 1.77. The van der Waals surface area contributed by atoms with Crippen molar-refractivity contribution in [1.29, 1.82) is 0 Å². The molecule has 0 radical (unpaired) electrons. The highest BCUT2D eigenvalue weighted by molar-refractivity contribution is 7.80. The van der Waals surface area contributed by atoms with Crippen LogP contribution in [0.5, 0.6) is 0 Å². The van der Waals surface area contributed by atoms with Crippen LogP contribution < -0.4 is 0 Å². The molecule has 3 fully saturated rings. The van der Waals surface area contributed by atoms with Gasteiger partial charge < -0.3 is 19.9 Å². The number of hydrogen-bond acceptors (Lipinski definition) is 7.